The van der Waals surface area contributed by atoms with Gasteiger partial charge >= 0.3 is 0 Å². The van der Waals surface area contributed by atoms with E-state index in [-0.39, 0.29) is 0 Å². The second-order valence-corrected chi connectivity index (χ2v) is 4.54. The molecule has 76 valence electrons. The van der Waals surface area contributed by atoms with E-state index in [2.05, 4.69) is 27.8 Å². The van der Waals surface area contributed by atoms with Crippen LogP contribution in [0.5, 0.6) is 0 Å². The van der Waals surface area contributed by atoms with Crippen molar-refractivity contribution < 1.29 is 0 Å². The molecule has 0 aliphatic heterocycles. The number of hydrogen-bond acceptors (Lipinski definition) is 2. The topological polar surface area (TPSA) is 38.0 Å². The Hall–Kier alpha value is -0.670. The van der Waals surface area contributed by atoms with Crippen LogP contribution in [0.2, 0.25) is 5.02 Å². The maximum atomic E-state index is 5.97. The molecule has 0 amide bonds. The fourth-order valence-corrected chi connectivity index (χ4v) is 1.42. The van der Waals surface area contributed by atoms with Gasteiger partial charge in [0.1, 0.15) is 0 Å². The van der Waals surface area contributed by atoms with Crippen molar-refractivity contribution in [1.29, 1.82) is 0 Å². The predicted octanol–water partition coefficient (Wildman–Crippen LogP) is 3.55. The quantitative estimate of drug-likeness (QED) is 0.828. The molecule has 0 radical (unpaired) electrons. The van der Waals surface area contributed by atoms with Gasteiger partial charge in [-0.3, -0.25) is 0 Å². The van der Waals surface area contributed by atoms with Crippen LogP contribution in [0.25, 0.3) is 0 Å². The van der Waals surface area contributed by atoms with Crippen LogP contribution in [-0.4, -0.2) is 6.54 Å². The van der Waals surface area contributed by atoms with Gasteiger partial charge in [-0.1, -0.05) is 34.1 Å². The number of anilines is 2. The molecule has 14 heavy (non-hydrogen) atoms. The van der Waals surface area contributed by atoms with Gasteiger partial charge in [0, 0.05) is 16.0 Å². The van der Waals surface area contributed by atoms with Crippen molar-refractivity contribution in [3.8, 4) is 0 Å². The molecule has 0 heterocycles. The largest absolute Gasteiger partial charge is 0.397 e. The molecule has 0 unspecified atom stereocenters. The zero-order valence-electron chi connectivity index (χ0n) is 7.90. The van der Waals surface area contributed by atoms with Crippen molar-refractivity contribution in [2.75, 3.05) is 17.6 Å². The van der Waals surface area contributed by atoms with Gasteiger partial charge in [-0.15, -0.1) is 0 Å². The second-order valence-electron chi connectivity index (χ2n) is 3.01. The summed E-state index contributed by atoms with van der Waals surface area (Å²) in [5.74, 6) is 0. The number of nitrogens with one attached hydrogen (secondary N) is 1. The van der Waals surface area contributed by atoms with Crippen molar-refractivity contribution in [2.24, 2.45) is 0 Å². The van der Waals surface area contributed by atoms with Gasteiger partial charge in [-0.25, -0.2) is 0 Å². The first-order valence-electron chi connectivity index (χ1n) is 4.14. The summed E-state index contributed by atoms with van der Waals surface area (Å²) >= 11 is 9.24. The van der Waals surface area contributed by atoms with Crippen LogP contribution in [0.15, 0.2) is 23.2 Å². The number of hydrogen-bond donors (Lipinski definition) is 2. The lowest BCUT2D eigenvalue weighted by Crippen LogP contribution is -2.05. The standard InChI is InChI=1S/C10H12BrClN2/c1-6(11)5-14-10-7(2)8(12)3-4-9(10)13/h3-4,14H,1,5,13H2,2H3. The summed E-state index contributed by atoms with van der Waals surface area (Å²) in [6.45, 7) is 6.29. The molecule has 1 aromatic carbocycles. The van der Waals surface area contributed by atoms with Crippen LogP contribution in [0.1, 0.15) is 5.56 Å². The molecule has 0 saturated carbocycles. The summed E-state index contributed by atoms with van der Waals surface area (Å²) < 4.78 is 0.872. The Morgan fingerprint density at radius 2 is 2.29 bits per heavy atom. The Morgan fingerprint density at radius 1 is 1.64 bits per heavy atom. The average molecular weight is 276 g/mol. The minimum Gasteiger partial charge on any atom is -0.397 e. The minimum atomic E-state index is 0.630. The SMILES string of the molecule is C=C(Br)CNc1c(N)ccc(Cl)c1C. The first-order valence-corrected chi connectivity index (χ1v) is 5.31. The van der Waals surface area contributed by atoms with E-state index in [0.29, 0.717) is 17.3 Å². The molecule has 3 N–H and O–H groups in total. The molecule has 0 saturated heterocycles. The highest BCUT2D eigenvalue weighted by Crippen LogP contribution is 2.29. The van der Waals surface area contributed by atoms with Gasteiger partial charge in [0.25, 0.3) is 0 Å². The fourth-order valence-electron chi connectivity index (χ4n) is 1.13. The lowest BCUT2D eigenvalue weighted by Gasteiger charge is -2.12. The van der Waals surface area contributed by atoms with Crippen LogP contribution in [-0.2, 0) is 0 Å². The predicted molar refractivity (Wildman–Crippen MR) is 67.2 cm³/mol. The molecule has 0 spiro atoms. The third-order valence-electron chi connectivity index (χ3n) is 1.89. The lowest BCUT2D eigenvalue weighted by molar-refractivity contribution is 1.30. The van der Waals surface area contributed by atoms with Crippen LogP contribution < -0.4 is 11.1 Å². The van der Waals surface area contributed by atoms with Crippen molar-refractivity contribution in [3.05, 3.63) is 33.8 Å². The third kappa shape index (κ3) is 2.66. The van der Waals surface area contributed by atoms with E-state index in [9.17, 15) is 0 Å². The van der Waals surface area contributed by atoms with Crippen molar-refractivity contribution in [3.63, 3.8) is 0 Å². The minimum absolute atomic E-state index is 0.630. The summed E-state index contributed by atoms with van der Waals surface area (Å²) in [6.07, 6.45) is 0. The Bertz CT molecular complexity index is 363. The summed E-state index contributed by atoms with van der Waals surface area (Å²) in [7, 11) is 0. The zero-order valence-corrected chi connectivity index (χ0v) is 10.2. The van der Waals surface area contributed by atoms with E-state index in [1.165, 1.54) is 0 Å². The van der Waals surface area contributed by atoms with Crippen LogP contribution in [0.3, 0.4) is 0 Å². The molecule has 0 aliphatic carbocycles. The van der Waals surface area contributed by atoms with E-state index in [1.807, 2.05) is 6.92 Å². The van der Waals surface area contributed by atoms with E-state index >= 15 is 0 Å². The highest BCUT2D eigenvalue weighted by Gasteiger charge is 2.05. The highest BCUT2D eigenvalue weighted by atomic mass is 79.9. The molecule has 0 fully saturated rings. The molecule has 0 bridgehead atoms. The monoisotopic (exact) mass is 274 g/mol. The third-order valence-corrected chi connectivity index (χ3v) is 2.58. The van der Waals surface area contributed by atoms with Gasteiger partial charge in [-0.2, -0.15) is 0 Å². The van der Waals surface area contributed by atoms with E-state index in [4.69, 9.17) is 17.3 Å². The fraction of sp³-hybridized carbons (Fsp3) is 0.200. The smallest absolute Gasteiger partial charge is 0.0621 e. The van der Waals surface area contributed by atoms with Crippen LogP contribution >= 0.6 is 27.5 Å². The Balaban J connectivity index is 2.95. The zero-order chi connectivity index (χ0) is 10.7. The molecule has 1 rings (SSSR count). The van der Waals surface area contributed by atoms with Gasteiger partial charge < -0.3 is 11.1 Å². The second kappa shape index (κ2) is 4.71. The molecular weight excluding hydrogens is 263 g/mol. The summed E-state index contributed by atoms with van der Waals surface area (Å²) in [5.41, 5.74) is 8.34. The van der Waals surface area contributed by atoms with Gasteiger partial charge in [0.2, 0.25) is 0 Å². The molecule has 0 aliphatic rings. The van der Waals surface area contributed by atoms with Crippen LogP contribution in [0, 0.1) is 6.92 Å². The normalized spacial score (nSPS) is 9.93. The first-order chi connectivity index (χ1) is 6.52. The summed E-state index contributed by atoms with van der Waals surface area (Å²) in [4.78, 5) is 0. The van der Waals surface area contributed by atoms with Gasteiger partial charge in [-0.05, 0) is 24.6 Å². The number of halogens is 2. The molecule has 0 aromatic heterocycles. The number of rotatable bonds is 3. The van der Waals surface area contributed by atoms with Gasteiger partial charge in [0.15, 0.2) is 0 Å². The average Bonchev–Trinajstić information content (AvgIpc) is 2.11. The number of nitrogen functional groups attached to an aromatic ring is 1. The maximum Gasteiger partial charge on any atom is 0.0621 e. The summed E-state index contributed by atoms with van der Waals surface area (Å²) in [6, 6.07) is 3.58. The Morgan fingerprint density at radius 3 is 2.86 bits per heavy atom. The van der Waals surface area contributed by atoms with Crippen molar-refractivity contribution >= 4 is 38.9 Å². The Labute approximate surface area is 97.3 Å². The van der Waals surface area contributed by atoms with Gasteiger partial charge in [0.05, 0.1) is 11.4 Å². The summed E-state index contributed by atoms with van der Waals surface area (Å²) in [5, 5.41) is 3.88. The molecule has 2 nitrogen and oxygen atoms in total. The number of nitrogens with two attached hydrogens (primary N) is 1. The molecule has 1 aromatic rings. The molecule has 0 atom stereocenters. The van der Waals surface area contributed by atoms with Crippen LogP contribution in [0.4, 0.5) is 11.4 Å². The number of benzene rings is 1. The highest BCUT2D eigenvalue weighted by molar-refractivity contribution is 9.11. The first kappa shape index (κ1) is 11.4. The van der Waals surface area contributed by atoms with E-state index in [1.54, 1.807) is 12.1 Å². The molecule has 4 heteroatoms. The Kier molecular flexibility index (Phi) is 3.84. The van der Waals surface area contributed by atoms with Crippen molar-refractivity contribution in [1.82, 2.24) is 0 Å². The van der Waals surface area contributed by atoms with E-state index < -0.39 is 0 Å². The van der Waals surface area contributed by atoms with Crippen molar-refractivity contribution in [2.45, 2.75) is 6.92 Å². The van der Waals surface area contributed by atoms with E-state index in [0.717, 1.165) is 15.7 Å². The molecular formula is C10H12BrClN2. The maximum absolute atomic E-state index is 5.97. The lowest BCUT2D eigenvalue weighted by atomic mass is 10.1.